The summed E-state index contributed by atoms with van der Waals surface area (Å²) >= 11 is 0. The molecule has 2 N–H and O–H groups in total. The van der Waals surface area contributed by atoms with E-state index in [-0.39, 0.29) is 12.7 Å². The lowest BCUT2D eigenvalue weighted by Gasteiger charge is -2.22. The third kappa shape index (κ3) is 3.05. The number of hydrogen-bond acceptors (Lipinski definition) is 6. The number of fused-ring (bicyclic) bond motifs is 1. The summed E-state index contributed by atoms with van der Waals surface area (Å²) in [5.74, 6) is 1.21. The second-order valence-electron chi connectivity index (χ2n) is 5.94. The summed E-state index contributed by atoms with van der Waals surface area (Å²) in [5, 5.41) is 14.3. The Kier molecular flexibility index (Phi) is 4.04. The number of piperidine rings is 1. The van der Waals surface area contributed by atoms with Gasteiger partial charge in [-0.2, -0.15) is 0 Å². The van der Waals surface area contributed by atoms with Crippen molar-refractivity contribution in [2.75, 3.05) is 19.9 Å². The molecule has 0 bridgehead atoms. The van der Waals surface area contributed by atoms with Crippen LogP contribution in [-0.2, 0) is 6.54 Å². The fourth-order valence-electron chi connectivity index (χ4n) is 2.95. The van der Waals surface area contributed by atoms with E-state index in [1.807, 2.05) is 18.2 Å². The SMILES string of the molecule is O=C(NCc1ccc2c(c1)OCO2)c1cn(C2CCNCC2)nn1. The van der Waals surface area contributed by atoms with Crippen LogP contribution in [0.1, 0.15) is 34.9 Å². The van der Waals surface area contributed by atoms with Crippen molar-refractivity contribution < 1.29 is 14.3 Å². The van der Waals surface area contributed by atoms with Crippen LogP contribution >= 0.6 is 0 Å². The van der Waals surface area contributed by atoms with Gasteiger partial charge in [-0.25, -0.2) is 4.68 Å². The Morgan fingerprint density at radius 3 is 3.00 bits per heavy atom. The number of carbonyl (C=O) groups is 1. The molecule has 0 saturated carbocycles. The van der Waals surface area contributed by atoms with Crippen molar-refractivity contribution in [2.45, 2.75) is 25.4 Å². The Morgan fingerprint density at radius 1 is 1.29 bits per heavy atom. The summed E-state index contributed by atoms with van der Waals surface area (Å²) in [5.41, 5.74) is 1.28. The summed E-state index contributed by atoms with van der Waals surface area (Å²) in [7, 11) is 0. The van der Waals surface area contributed by atoms with E-state index in [0.717, 1.165) is 37.2 Å². The molecule has 2 aliphatic rings. The zero-order valence-corrected chi connectivity index (χ0v) is 13.2. The molecule has 8 nitrogen and oxygen atoms in total. The fourth-order valence-corrected chi connectivity index (χ4v) is 2.95. The molecule has 1 fully saturated rings. The molecule has 2 aliphatic heterocycles. The standard InChI is InChI=1S/C16H19N5O3/c22-16(13-9-21(20-19-13)12-3-5-17-6-4-12)18-8-11-1-2-14-15(7-11)24-10-23-14/h1-2,7,9,12,17H,3-6,8,10H2,(H,18,22). The molecule has 1 aromatic carbocycles. The van der Waals surface area contributed by atoms with E-state index in [4.69, 9.17) is 9.47 Å². The van der Waals surface area contributed by atoms with Crippen molar-refractivity contribution in [1.82, 2.24) is 25.6 Å². The van der Waals surface area contributed by atoms with Crippen LogP contribution in [0.5, 0.6) is 11.5 Å². The van der Waals surface area contributed by atoms with Crippen molar-refractivity contribution in [3.8, 4) is 11.5 Å². The van der Waals surface area contributed by atoms with Gasteiger partial charge in [0.1, 0.15) is 0 Å². The number of aromatic nitrogens is 3. The van der Waals surface area contributed by atoms with Gasteiger partial charge in [-0.15, -0.1) is 5.10 Å². The van der Waals surface area contributed by atoms with Gasteiger partial charge in [-0.1, -0.05) is 11.3 Å². The van der Waals surface area contributed by atoms with Crippen LogP contribution in [0.3, 0.4) is 0 Å². The third-order valence-electron chi connectivity index (χ3n) is 4.32. The van der Waals surface area contributed by atoms with E-state index in [1.54, 1.807) is 10.9 Å². The molecule has 0 atom stereocenters. The van der Waals surface area contributed by atoms with Gasteiger partial charge in [-0.3, -0.25) is 4.79 Å². The van der Waals surface area contributed by atoms with Crippen molar-refractivity contribution in [3.05, 3.63) is 35.7 Å². The minimum Gasteiger partial charge on any atom is -0.454 e. The normalized spacial score (nSPS) is 17.0. The average Bonchev–Trinajstić information content (AvgIpc) is 3.29. The maximum Gasteiger partial charge on any atom is 0.273 e. The Morgan fingerprint density at radius 2 is 2.12 bits per heavy atom. The Balaban J connectivity index is 1.37. The number of benzene rings is 1. The van der Waals surface area contributed by atoms with E-state index in [2.05, 4.69) is 20.9 Å². The van der Waals surface area contributed by atoms with Gasteiger partial charge in [0.25, 0.3) is 5.91 Å². The molecule has 1 saturated heterocycles. The monoisotopic (exact) mass is 329 g/mol. The van der Waals surface area contributed by atoms with Crippen molar-refractivity contribution in [1.29, 1.82) is 0 Å². The molecular weight excluding hydrogens is 310 g/mol. The number of nitrogens with one attached hydrogen (secondary N) is 2. The van der Waals surface area contributed by atoms with Crippen LogP contribution in [0.15, 0.2) is 24.4 Å². The highest BCUT2D eigenvalue weighted by Crippen LogP contribution is 2.32. The molecule has 126 valence electrons. The Bertz CT molecular complexity index is 739. The minimum absolute atomic E-state index is 0.229. The molecule has 24 heavy (non-hydrogen) atoms. The molecule has 1 aromatic heterocycles. The highest BCUT2D eigenvalue weighted by molar-refractivity contribution is 5.91. The lowest BCUT2D eigenvalue weighted by molar-refractivity contribution is 0.0945. The fraction of sp³-hybridized carbons (Fsp3) is 0.438. The van der Waals surface area contributed by atoms with Crippen LogP contribution in [0.4, 0.5) is 0 Å². The molecule has 0 spiro atoms. The number of hydrogen-bond donors (Lipinski definition) is 2. The smallest absolute Gasteiger partial charge is 0.273 e. The van der Waals surface area contributed by atoms with Crippen molar-refractivity contribution in [3.63, 3.8) is 0 Å². The second-order valence-corrected chi connectivity index (χ2v) is 5.94. The zero-order valence-electron chi connectivity index (χ0n) is 13.2. The maximum absolute atomic E-state index is 12.3. The molecule has 0 radical (unpaired) electrons. The topological polar surface area (TPSA) is 90.3 Å². The zero-order chi connectivity index (χ0) is 16.4. The van der Waals surface area contributed by atoms with Gasteiger partial charge < -0.3 is 20.1 Å². The molecule has 8 heteroatoms. The molecule has 3 heterocycles. The molecular formula is C16H19N5O3. The van der Waals surface area contributed by atoms with Gasteiger partial charge in [0.15, 0.2) is 17.2 Å². The molecule has 0 aliphatic carbocycles. The van der Waals surface area contributed by atoms with Crippen LogP contribution < -0.4 is 20.1 Å². The van der Waals surface area contributed by atoms with E-state index < -0.39 is 0 Å². The lowest BCUT2D eigenvalue weighted by Crippen LogP contribution is -2.29. The molecule has 4 rings (SSSR count). The molecule has 1 amide bonds. The van der Waals surface area contributed by atoms with Gasteiger partial charge in [-0.05, 0) is 43.6 Å². The second kappa shape index (κ2) is 6.48. The van der Waals surface area contributed by atoms with Gasteiger partial charge in [0.2, 0.25) is 6.79 Å². The van der Waals surface area contributed by atoms with Crippen molar-refractivity contribution >= 4 is 5.91 Å². The predicted molar refractivity (Wildman–Crippen MR) is 84.9 cm³/mol. The Hall–Kier alpha value is -2.61. The number of rotatable bonds is 4. The van der Waals surface area contributed by atoms with Gasteiger partial charge in [0.05, 0.1) is 12.2 Å². The van der Waals surface area contributed by atoms with Crippen molar-refractivity contribution in [2.24, 2.45) is 0 Å². The first-order valence-electron chi connectivity index (χ1n) is 8.09. The summed E-state index contributed by atoms with van der Waals surface area (Å²) in [6.07, 6.45) is 3.73. The lowest BCUT2D eigenvalue weighted by atomic mass is 10.1. The predicted octanol–water partition coefficient (Wildman–Crippen LogP) is 0.861. The quantitative estimate of drug-likeness (QED) is 0.865. The first-order valence-corrected chi connectivity index (χ1v) is 8.09. The average molecular weight is 329 g/mol. The number of amides is 1. The largest absolute Gasteiger partial charge is 0.454 e. The highest BCUT2D eigenvalue weighted by Gasteiger charge is 2.19. The summed E-state index contributed by atoms with van der Waals surface area (Å²) in [4.78, 5) is 12.3. The maximum atomic E-state index is 12.3. The third-order valence-corrected chi connectivity index (χ3v) is 4.32. The van der Waals surface area contributed by atoms with Crippen LogP contribution in [0, 0.1) is 0 Å². The van der Waals surface area contributed by atoms with Crippen LogP contribution in [-0.4, -0.2) is 40.8 Å². The molecule has 2 aromatic rings. The van der Waals surface area contributed by atoms with E-state index >= 15 is 0 Å². The first-order chi connectivity index (χ1) is 11.8. The number of carbonyl (C=O) groups excluding carboxylic acids is 1. The minimum atomic E-state index is -0.229. The number of nitrogens with zero attached hydrogens (tertiary/aromatic N) is 3. The van der Waals surface area contributed by atoms with E-state index in [9.17, 15) is 4.79 Å². The summed E-state index contributed by atoms with van der Waals surface area (Å²) in [6.45, 7) is 2.58. The summed E-state index contributed by atoms with van der Waals surface area (Å²) in [6, 6.07) is 5.93. The highest BCUT2D eigenvalue weighted by atomic mass is 16.7. The Labute approximate surface area is 139 Å². The first kappa shape index (κ1) is 14.9. The van der Waals surface area contributed by atoms with Gasteiger partial charge >= 0.3 is 0 Å². The van der Waals surface area contributed by atoms with Crippen LogP contribution in [0.25, 0.3) is 0 Å². The summed E-state index contributed by atoms with van der Waals surface area (Å²) < 4.78 is 12.4. The van der Waals surface area contributed by atoms with E-state index in [0.29, 0.717) is 24.0 Å². The number of ether oxygens (including phenoxy) is 2. The van der Waals surface area contributed by atoms with E-state index in [1.165, 1.54) is 0 Å². The van der Waals surface area contributed by atoms with Crippen LogP contribution in [0.2, 0.25) is 0 Å². The van der Waals surface area contributed by atoms with Gasteiger partial charge in [0, 0.05) is 6.54 Å². The molecule has 0 unspecified atom stereocenters.